The van der Waals surface area contributed by atoms with Crippen LogP contribution in [0.3, 0.4) is 0 Å². The van der Waals surface area contributed by atoms with Gasteiger partial charge in [-0.1, -0.05) is 24.4 Å². The third-order valence-electron chi connectivity index (χ3n) is 5.73. The summed E-state index contributed by atoms with van der Waals surface area (Å²) in [7, 11) is 0. The van der Waals surface area contributed by atoms with Crippen LogP contribution in [0.2, 0.25) is 0 Å². The Morgan fingerprint density at radius 1 is 1.12 bits per heavy atom. The van der Waals surface area contributed by atoms with Crippen molar-refractivity contribution < 1.29 is 9.26 Å². The first-order valence-corrected chi connectivity index (χ1v) is 9.33. The highest BCUT2D eigenvalue weighted by Crippen LogP contribution is 2.43. The first-order chi connectivity index (χ1) is 12.2. The molecule has 25 heavy (non-hydrogen) atoms. The van der Waals surface area contributed by atoms with E-state index in [2.05, 4.69) is 21.9 Å². The number of rotatable bonds is 2. The standard InChI is InChI=1S/C20H23N3O2/c1-12-17(13(2)25-22-12)15-8-9-16-18-19(15)24-11-10-23(18)20(21-16)14-6-4-3-5-7-14/h8-9,14H,3-7,10-11H2,1-2H3. The zero-order valence-corrected chi connectivity index (χ0v) is 14.8. The van der Waals surface area contributed by atoms with Crippen LogP contribution in [0.1, 0.15) is 55.3 Å². The zero-order valence-electron chi connectivity index (χ0n) is 14.8. The van der Waals surface area contributed by atoms with Crippen LogP contribution in [0.15, 0.2) is 16.7 Å². The monoisotopic (exact) mass is 337 g/mol. The molecule has 1 aromatic carbocycles. The van der Waals surface area contributed by atoms with Gasteiger partial charge >= 0.3 is 0 Å². The van der Waals surface area contributed by atoms with E-state index in [1.165, 1.54) is 37.9 Å². The Labute approximate surface area is 147 Å². The topological polar surface area (TPSA) is 53.1 Å². The van der Waals surface area contributed by atoms with E-state index in [0.29, 0.717) is 12.5 Å². The summed E-state index contributed by atoms with van der Waals surface area (Å²) in [5.74, 6) is 3.62. The van der Waals surface area contributed by atoms with Gasteiger partial charge in [-0.25, -0.2) is 4.98 Å². The Bertz CT molecular complexity index is 928. The fraction of sp³-hybridized carbons (Fsp3) is 0.500. The van der Waals surface area contributed by atoms with Crippen LogP contribution in [0.4, 0.5) is 0 Å². The molecule has 1 fully saturated rings. The number of hydrogen-bond acceptors (Lipinski definition) is 4. The summed E-state index contributed by atoms with van der Waals surface area (Å²) in [5.41, 5.74) is 5.21. The molecular formula is C20H23N3O2. The average Bonchev–Trinajstić information content (AvgIpc) is 3.19. The van der Waals surface area contributed by atoms with Crippen molar-refractivity contribution in [1.29, 1.82) is 0 Å². The largest absolute Gasteiger partial charge is 0.489 e. The molecule has 5 rings (SSSR count). The maximum absolute atomic E-state index is 6.13. The normalized spacial score (nSPS) is 17.8. The van der Waals surface area contributed by atoms with Crippen molar-refractivity contribution in [3.63, 3.8) is 0 Å². The molecule has 5 nitrogen and oxygen atoms in total. The van der Waals surface area contributed by atoms with Crippen LogP contribution in [0.25, 0.3) is 22.2 Å². The Hall–Kier alpha value is -2.30. The molecule has 0 amide bonds. The van der Waals surface area contributed by atoms with Crippen LogP contribution < -0.4 is 4.74 Å². The first-order valence-electron chi connectivity index (χ1n) is 9.33. The molecule has 0 N–H and O–H groups in total. The molecule has 0 unspecified atom stereocenters. The summed E-state index contributed by atoms with van der Waals surface area (Å²) in [5, 5.41) is 4.11. The average molecular weight is 337 g/mol. The van der Waals surface area contributed by atoms with Gasteiger partial charge in [0.1, 0.15) is 23.7 Å². The van der Waals surface area contributed by atoms with E-state index in [4.69, 9.17) is 14.2 Å². The van der Waals surface area contributed by atoms with Crippen molar-refractivity contribution in [1.82, 2.24) is 14.7 Å². The number of benzene rings is 1. The Balaban J connectivity index is 1.73. The Morgan fingerprint density at radius 3 is 2.72 bits per heavy atom. The van der Waals surface area contributed by atoms with Crippen molar-refractivity contribution >= 4 is 11.0 Å². The minimum atomic E-state index is 0.592. The molecule has 0 atom stereocenters. The fourth-order valence-corrected chi connectivity index (χ4v) is 4.56. The van der Waals surface area contributed by atoms with E-state index in [9.17, 15) is 0 Å². The minimum absolute atomic E-state index is 0.592. The maximum atomic E-state index is 6.13. The van der Waals surface area contributed by atoms with Gasteiger partial charge in [0.05, 0.1) is 23.3 Å². The van der Waals surface area contributed by atoms with Crippen LogP contribution >= 0.6 is 0 Å². The number of hydrogen-bond donors (Lipinski definition) is 0. The summed E-state index contributed by atoms with van der Waals surface area (Å²) >= 11 is 0. The number of nitrogens with zero attached hydrogens (tertiary/aromatic N) is 3. The lowest BCUT2D eigenvalue weighted by molar-refractivity contribution is 0.281. The Morgan fingerprint density at radius 2 is 1.96 bits per heavy atom. The van der Waals surface area contributed by atoms with E-state index in [1.54, 1.807) is 0 Å². The van der Waals surface area contributed by atoms with Crippen molar-refractivity contribution in [2.24, 2.45) is 0 Å². The minimum Gasteiger partial charge on any atom is -0.489 e. The third-order valence-corrected chi connectivity index (χ3v) is 5.73. The van der Waals surface area contributed by atoms with E-state index >= 15 is 0 Å². The molecule has 3 heterocycles. The highest BCUT2D eigenvalue weighted by atomic mass is 16.5. The van der Waals surface area contributed by atoms with Crippen LogP contribution in [-0.2, 0) is 6.54 Å². The van der Waals surface area contributed by atoms with Crippen molar-refractivity contribution in [2.75, 3.05) is 6.61 Å². The van der Waals surface area contributed by atoms with Gasteiger partial charge in [-0.15, -0.1) is 0 Å². The quantitative estimate of drug-likeness (QED) is 0.677. The van der Waals surface area contributed by atoms with Gasteiger partial charge in [0.15, 0.2) is 5.75 Å². The van der Waals surface area contributed by atoms with Gasteiger partial charge in [-0.05, 0) is 38.8 Å². The van der Waals surface area contributed by atoms with Gasteiger partial charge in [0, 0.05) is 11.5 Å². The van der Waals surface area contributed by atoms with Crippen LogP contribution in [0, 0.1) is 13.8 Å². The predicted octanol–water partition coefficient (Wildman–Crippen LogP) is 4.75. The summed E-state index contributed by atoms with van der Waals surface area (Å²) in [4.78, 5) is 5.02. The van der Waals surface area contributed by atoms with Gasteiger partial charge in [0.2, 0.25) is 0 Å². The molecule has 1 aliphatic heterocycles. The van der Waals surface area contributed by atoms with Crippen molar-refractivity contribution in [2.45, 2.75) is 58.4 Å². The van der Waals surface area contributed by atoms with Crippen LogP contribution in [0.5, 0.6) is 5.75 Å². The second kappa shape index (κ2) is 5.61. The number of ether oxygens (including phenoxy) is 1. The summed E-state index contributed by atoms with van der Waals surface area (Å²) in [6.07, 6.45) is 6.52. The Kier molecular flexibility index (Phi) is 3.37. The fourth-order valence-electron chi connectivity index (χ4n) is 4.56. The molecule has 0 radical (unpaired) electrons. The highest BCUT2D eigenvalue weighted by Gasteiger charge is 2.28. The van der Waals surface area contributed by atoms with Crippen molar-refractivity contribution in [3.8, 4) is 16.9 Å². The van der Waals surface area contributed by atoms with E-state index < -0.39 is 0 Å². The summed E-state index contributed by atoms with van der Waals surface area (Å²) in [6, 6.07) is 4.23. The molecule has 1 aliphatic carbocycles. The second-order valence-corrected chi connectivity index (χ2v) is 7.31. The first kappa shape index (κ1) is 15.0. The molecule has 130 valence electrons. The summed E-state index contributed by atoms with van der Waals surface area (Å²) < 4.78 is 13.9. The predicted molar refractivity (Wildman–Crippen MR) is 96.0 cm³/mol. The molecule has 0 bridgehead atoms. The SMILES string of the molecule is Cc1noc(C)c1-c1ccc2nc(C3CCCCC3)n3c2c1OCC3. The van der Waals surface area contributed by atoms with Gasteiger partial charge < -0.3 is 13.8 Å². The van der Waals surface area contributed by atoms with Gasteiger partial charge in [0.25, 0.3) is 0 Å². The molecule has 3 aromatic rings. The number of aryl methyl sites for hydroxylation is 2. The third kappa shape index (κ3) is 2.21. The molecule has 0 spiro atoms. The molecule has 2 aromatic heterocycles. The second-order valence-electron chi connectivity index (χ2n) is 7.31. The molecular weight excluding hydrogens is 314 g/mol. The van der Waals surface area contributed by atoms with Crippen molar-refractivity contribution in [3.05, 3.63) is 29.4 Å². The zero-order chi connectivity index (χ0) is 17.0. The summed E-state index contributed by atoms with van der Waals surface area (Å²) in [6.45, 7) is 5.52. The molecule has 5 heteroatoms. The number of aromatic nitrogens is 3. The van der Waals surface area contributed by atoms with Gasteiger partial charge in [-0.2, -0.15) is 0 Å². The van der Waals surface area contributed by atoms with E-state index in [-0.39, 0.29) is 0 Å². The number of imidazole rings is 1. The van der Waals surface area contributed by atoms with Gasteiger partial charge in [-0.3, -0.25) is 0 Å². The smallest absolute Gasteiger partial charge is 0.153 e. The lowest BCUT2D eigenvalue weighted by Crippen LogP contribution is -2.19. The molecule has 1 saturated carbocycles. The molecule has 2 aliphatic rings. The molecule has 0 saturated heterocycles. The van der Waals surface area contributed by atoms with E-state index in [1.807, 2.05) is 13.8 Å². The van der Waals surface area contributed by atoms with Crippen LogP contribution in [-0.4, -0.2) is 21.3 Å². The highest BCUT2D eigenvalue weighted by molar-refractivity contribution is 5.92. The van der Waals surface area contributed by atoms with E-state index in [0.717, 1.165) is 45.9 Å². The lowest BCUT2D eigenvalue weighted by Gasteiger charge is -2.25. The lowest BCUT2D eigenvalue weighted by atomic mass is 9.88. The maximum Gasteiger partial charge on any atom is 0.153 e.